The zero-order valence-electron chi connectivity index (χ0n) is 13.5. The molecule has 2 N–H and O–H groups in total. The van der Waals surface area contributed by atoms with E-state index in [9.17, 15) is 0 Å². The van der Waals surface area contributed by atoms with E-state index in [0.29, 0.717) is 17.7 Å². The van der Waals surface area contributed by atoms with Crippen LogP contribution < -0.4 is 10.5 Å². The Morgan fingerprint density at radius 1 is 1.30 bits per heavy atom. The molecular weight excluding hydrogens is 306 g/mol. The van der Waals surface area contributed by atoms with Crippen molar-refractivity contribution >= 4 is 16.9 Å². The summed E-state index contributed by atoms with van der Waals surface area (Å²) < 4.78 is 5.77. The minimum atomic E-state index is -0.243. The first-order valence-electron chi connectivity index (χ1n) is 7.68. The van der Waals surface area contributed by atoms with E-state index in [4.69, 9.17) is 10.5 Å². The topological polar surface area (TPSA) is 60.5 Å². The number of ether oxygens (including phenoxy) is 1. The van der Waals surface area contributed by atoms with Crippen LogP contribution in [0.5, 0.6) is 5.88 Å². The fourth-order valence-corrected chi connectivity index (χ4v) is 3.56. The Morgan fingerprint density at radius 2 is 2.17 bits per heavy atom. The zero-order valence-corrected chi connectivity index (χ0v) is 14.3. The van der Waals surface area contributed by atoms with Gasteiger partial charge in [0.1, 0.15) is 6.61 Å². The van der Waals surface area contributed by atoms with Crippen LogP contribution in [0.1, 0.15) is 30.0 Å². The van der Waals surface area contributed by atoms with Crippen LogP contribution in [-0.4, -0.2) is 15.9 Å². The van der Waals surface area contributed by atoms with Crippen LogP contribution in [0, 0.1) is 6.92 Å². The average molecular weight is 327 g/mol. The molecule has 0 spiro atoms. The first-order valence-corrected chi connectivity index (χ1v) is 8.67. The second-order valence-corrected chi connectivity index (χ2v) is 7.10. The molecule has 23 heavy (non-hydrogen) atoms. The number of aliphatic imine (C=N–C) groups is 1. The van der Waals surface area contributed by atoms with Crippen molar-refractivity contribution in [2.75, 3.05) is 5.75 Å². The van der Waals surface area contributed by atoms with E-state index in [2.05, 4.69) is 41.2 Å². The van der Waals surface area contributed by atoms with Gasteiger partial charge < -0.3 is 10.5 Å². The number of hydrogen-bond acceptors (Lipinski definition) is 5. The van der Waals surface area contributed by atoms with Gasteiger partial charge in [0.25, 0.3) is 0 Å². The molecule has 0 fully saturated rings. The van der Waals surface area contributed by atoms with Gasteiger partial charge in [-0.2, -0.15) is 0 Å². The van der Waals surface area contributed by atoms with Gasteiger partial charge in [-0.05, 0) is 43.0 Å². The molecule has 3 rings (SSSR count). The maximum atomic E-state index is 5.91. The van der Waals surface area contributed by atoms with Crippen molar-refractivity contribution in [2.45, 2.75) is 32.4 Å². The lowest BCUT2D eigenvalue weighted by Crippen LogP contribution is -2.28. The largest absolute Gasteiger partial charge is 0.473 e. The van der Waals surface area contributed by atoms with E-state index >= 15 is 0 Å². The Balaban J connectivity index is 1.75. The number of pyridine rings is 1. The maximum absolute atomic E-state index is 5.91. The molecule has 1 atom stereocenters. The minimum absolute atomic E-state index is 0.243. The first kappa shape index (κ1) is 15.9. The molecular formula is C18H21N3OS. The molecule has 1 aliphatic heterocycles. The van der Waals surface area contributed by atoms with Crippen molar-refractivity contribution in [1.82, 2.24) is 4.98 Å². The standard InChI is InChI=1S/C18H21N3OS/c1-13-6-7-16(20-11-13)22-12-14-4-3-5-15(10-14)18(2)8-9-23-17(19)21-18/h3-7,10-11H,8-9,12H2,1-2H3,(H2,19,21). The van der Waals surface area contributed by atoms with E-state index in [1.165, 1.54) is 5.56 Å². The second kappa shape index (κ2) is 6.62. The van der Waals surface area contributed by atoms with Crippen LogP contribution in [0.3, 0.4) is 0 Å². The van der Waals surface area contributed by atoms with Gasteiger partial charge in [0.2, 0.25) is 5.88 Å². The van der Waals surface area contributed by atoms with Gasteiger partial charge in [0.05, 0.1) is 5.54 Å². The van der Waals surface area contributed by atoms with E-state index in [1.807, 2.05) is 25.3 Å². The van der Waals surface area contributed by atoms with Crippen molar-refractivity contribution in [1.29, 1.82) is 0 Å². The maximum Gasteiger partial charge on any atom is 0.213 e. The van der Waals surface area contributed by atoms with Crippen LogP contribution in [0.15, 0.2) is 47.6 Å². The minimum Gasteiger partial charge on any atom is -0.473 e. The van der Waals surface area contributed by atoms with E-state index in [0.717, 1.165) is 23.3 Å². The Hall–Kier alpha value is -2.01. The zero-order chi connectivity index (χ0) is 16.3. The lowest BCUT2D eigenvalue weighted by atomic mass is 9.89. The van der Waals surface area contributed by atoms with Crippen molar-refractivity contribution < 1.29 is 4.74 Å². The number of aryl methyl sites for hydroxylation is 1. The van der Waals surface area contributed by atoms with Gasteiger partial charge in [-0.3, -0.25) is 4.99 Å². The molecule has 0 saturated carbocycles. The molecule has 0 radical (unpaired) electrons. The molecule has 1 unspecified atom stereocenters. The Morgan fingerprint density at radius 3 is 2.91 bits per heavy atom. The summed E-state index contributed by atoms with van der Waals surface area (Å²) in [5, 5.41) is 0.671. The summed E-state index contributed by atoms with van der Waals surface area (Å²) in [6, 6.07) is 12.3. The summed E-state index contributed by atoms with van der Waals surface area (Å²) in [4.78, 5) is 8.92. The fourth-order valence-electron chi connectivity index (χ4n) is 2.59. The monoisotopic (exact) mass is 327 g/mol. The van der Waals surface area contributed by atoms with Crippen LogP contribution in [0.4, 0.5) is 0 Å². The number of nitrogens with two attached hydrogens (primary N) is 1. The van der Waals surface area contributed by atoms with Gasteiger partial charge in [0.15, 0.2) is 5.17 Å². The van der Waals surface area contributed by atoms with Gasteiger partial charge in [-0.15, -0.1) is 0 Å². The molecule has 4 nitrogen and oxygen atoms in total. The van der Waals surface area contributed by atoms with Gasteiger partial charge in [0, 0.05) is 18.0 Å². The highest BCUT2D eigenvalue weighted by molar-refractivity contribution is 8.13. The lowest BCUT2D eigenvalue weighted by molar-refractivity contribution is 0.293. The third-order valence-electron chi connectivity index (χ3n) is 4.02. The highest BCUT2D eigenvalue weighted by Crippen LogP contribution is 2.35. The number of rotatable bonds is 4. The van der Waals surface area contributed by atoms with Gasteiger partial charge in [-0.1, -0.05) is 36.0 Å². The molecule has 0 bridgehead atoms. The van der Waals surface area contributed by atoms with Crippen LogP contribution in [-0.2, 0) is 12.1 Å². The Bertz CT molecular complexity index is 714. The summed E-state index contributed by atoms with van der Waals surface area (Å²) in [5.74, 6) is 1.64. The summed E-state index contributed by atoms with van der Waals surface area (Å²) in [5.41, 5.74) is 9.08. The lowest BCUT2D eigenvalue weighted by Gasteiger charge is -2.30. The average Bonchev–Trinajstić information content (AvgIpc) is 2.54. The number of amidine groups is 1. The molecule has 0 saturated heterocycles. The predicted octanol–water partition coefficient (Wildman–Crippen LogP) is 3.64. The molecule has 2 heterocycles. The molecule has 0 aliphatic carbocycles. The van der Waals surface area contributed by atoms with E-state index in [1.54, 1.807) is 11.8 Å². The van der Waals surface area contributed by atoms with Crippen LogP contribution in [0.25, 0.3) is 0 Å². The van der Waals surface area contributed by atoms with Crippen molar-refractivity contribution in [3.63, 3.8) is 0 Å². The number of nitrogens with zero attached hydrogens (tertiary/aromatic N) is 2. The highest BCUT2D eigenvalue weighted by atomic mass is 32.2. The smallest absolute Gasteiger partial charge is 0.213 e. The Labute approximate surface area is 141 Å². The predicted molar refractivity (Wildman–Crippen MR) is 95.8 cm³/mol. The molecule has 1 aromatic heterocycles. The van der Waals surface area contributed by atoms with E-state index < -0.39 is 0 Å². The van der Waals surface area contributed by atoms with Crippen molar-refractivity contribution in [3.05, 3.63) is 59.3 Å². The van der Waals surface area contributed by atoms with Gasteiger partial charge >= 0.3 is 0 Å². The third kappa shape index (κ3) is 3.85. The Kier molecular flexibility index (Phi) is 4.57. The second-order valence-electron chi connectivity index (χ2n) is 5.99. The number of thioether (sulfide) groups is 1. The molecule has 0 amide bonds. The number of aromatic nitrogens is 1. The summed E-state index contributed by atoms with van der Waals surface area (Å²) in [6.45, 7) is 4.64. The quantitative estimate of drug-likeness (QED) is 0.931. The summed E-state index contributed by atoms with van der Waals surface area (Å²) in [7, 11) is 0. The van der Waals surface area contributed by atoms with Gasteiger partial charge in [-0.25, -0.2) is 4.98 Å². The number of benzene rings is 1. The summed E-state index contributed by atoms with van der Waals surface area (Å²) >= 11 is 1.62. The van der Waals surface area contributed by atoms with Crippen LogP contribution >= 0.6 is 11.8 Å². The fraction of sp³-hybridized carbons (Fsp3) is 0.333. The highest BCUT2D eigenvalue weighted by Gasteiger charge is 2.29. The number of hydrogen-bond donors (Lipinski definition) is 1. The molecule has 1 aromatic carbocycles. The molecule has 5 heteroatoms. The first-order chi connectivity index (χ1) is 11.0. The normalized spacial score (nSPS) is 20.9. The summed E-state index contributed by atoms with van der Waals surface area (Å²) in [6.07, 6.45) is 2.80. The molecule has 120 valence electrons. The molecule has 2 aromatic rings. The van der Waals surface area contributed by atoms with Crippen molar-refractivity contribution in [3.8, 4) is 5.88 Å². The van der Waals surface area contributed by atoms with Crippen LogP contribution in [0.2, 0.25) is 0 Å². The van der Waals surface area contributed by atoms with Crippen molar-refractivity contribution in [2.24, 2.45) is 10.7 Å². The van der Waals surface area contributed by atoms with E-state index in [-0.39, 0.29) is 5.54 Å². The molecule has 1 aliphatic rings. The SMILES string of the molecule is Cc1ccc(OCc2cccc(C3(C)CCSC(N)=N3)c2)nc1. The third-order valence-corrected chi connectivity index (χ3v) is 4.81.